The van der Waals surface area contributed by atoms with E-state index in [0.717, 1.165) is 11.3 Å². The van der Waals surface area contributed by atoms with Crippen LogP contribution in [0.5, 0.6) is 5.75 Å². The van der Waals surface area contributed by atoms with Crippen LogP contribution in [0.25, 0.3) is 0 Å². The van der Waals surface area contributed by atoms with E-state index < -0.39 is 10.0 Å². The lowest BCUT2D eigenvalue weighted by Gasteiger charge is -2.26. The fourth-order valence-electron chi connectivity index (χ4n) is 3.47. The number of sulfonamides is 1. The number of aryl methyl sites for hydroxylation is 2. The number of rotatable bonds is 8. The average Bonchev–Trinajstić information content (AvgIpc) is 3.05. The molecule has 9 nitrogen and oxygen atoms in total. The van der Waals surface area contributed by atoms with Crippen molar-refractivity contribution >= 4 is 15.9 Å². The molecule has 1 aliphatic rings. The van der Waals surface area contributed by atoms with E-state index in [0.29, 0.717) is 50.8 Å². The summed E-state index contributed by atoms with van der Waals surface area (Å²) in [5.74, 6) is 0.598. The number of hydrogen-bond donors (Lipinski definition) is 1. The molecule has 0 spiro atoms. The van der Waals surface area contributed by atoms with Gasteiger partial charge in [0, 0.05) is 26.1 Å². The molecular weight excluding hydrogens is 408 g/mol. The topological polar surface area (TPSA) is 103 Å². The molecule has 0 radical (unpaired) electrons. The third-order valence-corrected chi connectivity index (χ3v) is 7.21. The highest BCUT2D eigenvalue weighted by atomic mass is 32.2. The van der Waals surface area contributed by atoms with Crippen LogP contribution >= 0.6 is 0 Å². The average molecular weight is 437 g/mol. The largest absolute Gasteiger partial charge is 0.497 e. The van der Waals surface area contributed by atoms with Gasteiger partial charge in [-0.2, -0.15) is 9.40 Å². The van der Waals surface area contributed by atoms with Gasteiger partial charge in [0.2, 0.25) is 15.9 Å². The molecule has 30 heavy (non-hydrogen) atoms. The van der Waals surface area contributed by atoms with Gasteiger partial charge >= 0.3 is 0 Å². The smallest absolute Gasteiger partial charge is 0.246 e. The third-order valence-electron chi connectivity index (χ3n) is 5.06. The second kappa shape index (κ2) is 9.59. The van der Waals surface area contributed by atoms with Crippen molar-refractivity contribution in [2.45, 2.75) is 38.3 Å². The molecule has 1 aromatic heterocycles. The number of nitrogens with one attached hydrogen (secondary N) is 1. The Kier molecular flexibility index (Phi) is 7.11. The van der Waals surface area contributed by atoms with Crippen LogP contribution in [-0.2, 0) is 32.6 Å². The molecule has 1 fully saturated rings. The summed E-state index contributed by atoms with van der Waals surface area (Å²) in [5, 5.41) is 7.23. The van der Waals surface area contributed by atoms with Gasteiger partial charge in [0.05, 0.1) is 38.3 Å². The molecular formula is C20H28N4O5S. The Morgan fingerprint density at radius 3 is 2.70 bits per heavy atom. The Hall–Kier alpha value is -2.43. The Morgan fingerprint density at radius 1 is 1.27 bits per heavy atom. The highest BCUT2D eigenvalue weighted by molar-refractivity contribution is 7.89. The molecule has 2 aromatic rings. The lowest BCUT2D eigenvalue weighted by Crippen LogP contribution is -2.41. The third kappa shape index (κ3) is 5.00. The van der Waals surface area contributed by atoms with Gasteiger partial charge in [-0.3, -0.25) is 9.48 Å². The van der Waals surface area contributed by atoms with E-state index in [1.165, 1.54) is 4.31 Å². The number of amides is 1. The number of ether oxygens (including phenoxy) is 2. The lowest BCUT2D eigenvalue weighted by atomic mass is 10.2. The Labute approximate surface area is 177 Å². The number of morpholine rings is 1. The quantitative estimate of drug-likeness (QED) is 0.668. The highest BCUT2D eigenvalue weighted by Crippen LogP contribution is 2.24. The molecule has 3 rings (SSSR count). The molecule has 1 N–H and O–H groups in total. The van der Waals surface area contributed by atoms with E-state index in [4.69, 9.17) is 9.47 Å². The first-order valence-corrected chi connectivity index (χ1v) is 11.3. The maximum atomic E-state index is 13.0. The van der Waals surface area contributed by atoms with Gasteiger partial charge in [-0.05, 0) is 31.5 Å². The number of aromatic nitrogens is 2. The van der Waals surface area contributed by atoms with E-state index in [1.807, 2.05) is 24.3 Å². The standard InChI is InChI=1S/C20H28N4O5S/c1-15-20(30(26,27)23-9-11-29-12-10-23)16(2)24(22-15)8-7-19(25)21-14-17-5-4-6-18(13-17)28-3/h4-6,13H,7-12,14H2,1-3H3,(H,21,25). The minimum absolute atomic E-state index is 0.136. The van der Waals surface area contributed by atoms with Crippen LogP contribution in [0.15, 0.2) is 29.2 Å². The van der Waals surface area contributed by atoms with Crippen LogP contribution in [0.1, 0.15) is 23.4 Å². The maximum Gasteiger partial charge on any atom is 0.246 e. The Morgan fingerprint density at radius 2 is 2.00 bits per heavy atom. The molecule has 2 heterocycles. The van der Waals surface area contributed by atoms with Crippen LogP contribution in [0.2, 0.25) is 0 Å². The molecule has 0 aliphatic carbocycles. The fraction of sp³-hybridized carbons (Fsp3) is 0.500. The Bertz CT molecular complexity index is 997. The number of nitrogens with zero attached hydrogens (tertiary/aromatic N) is 3. The van der Waals surface area contributed by atoms with E-state index in [2.05, 4.69) is 10.4 Å². The molecule has 0 saturated carbocycles. The van der Waals surface area contributed by atoms with Crippen LogP contribution in [0.3, 0.4) is 0 Å². The summed E-state index contributed by atoms with van der Waals surface area (Å²) >= 11 is 0. The van der Waals surface area contributed by atoms with E-state index in [1.54, 1.807) is 25.6 Å². The predicted octanol–water partition coefficient (Wildman–Crippen LogP) is 1.24. The fourth-order valence-corrected chi connectivity index (χ4v) is 5.25. The van der Waals surface area contributed by atoms with Crippen molar-refractivity contribution in [3.8, 4) is 5.75 Å². The summed E-state index contributed by atoms with van der Waals surface area (Å²) in [6.07, 6.45) is 0.197. The van der Waals surface area contributed by atoms with Gasteiger partial charge < -0.3 is 14.8 Å². The number of hydrogen-bond acceptors (Lipinski definition) is 6. The van der Waals surface area contributed by atoms with Crippen LogP contribution in [0.4, 0.5) is 0 Å². The normalized spacial score (nSPS) is 15.2. The van der Waals surface area contributed by atoms with Crippen LogP contribution < -0.4 is 10.1 Å². The zero-order valence-electron chi connectivity index (χ0n) is 17.6. The maximum absolute atomic E-state index is 13.0. The lowest BCUT2D eigenvalue weighted by molar-refractivity contribution is -0.121. The molecule has 1 aromatic carbocycles. The minimum atomic E-state index is -3.64. The number of benzene rings is 1. The zero-order chi connectivity index (χ0) is 21.7. The summed E-state index contributed by atoms with van der Waals surface area (Å²) < 4.78 is 39.5. The van der Waals surface area contributed by atoms with Crippen LogP contribution in [-0.4, -0.2) is 61.8 Å². The summed E-state index contributed by atoms with van der Waals surface area (Å²) in [5.41, 5.74) is 1.92. The summed E-state index contributed by atoms with van der Waals surface area (Å²) in [6.45, 7) is 5.54. The molecule has 0 atom stereocenters. The number of carbonyl (C=O) groups is 1. The summed E-state index contributed by atoms with van der Waals surface area (Å²) in [7, 11) is -2.04. The molecule has 0 bridgehead atoms. The van der Waals surface area contributed by atoms with E-state index in [9.17, 15) is 13.2 Å². The molecule has 10 heteroatoms. The number of methoxy groups -OCH3 is 1. The SMILES string of the molecule is COc1cccc(CNC(=O)CCn2nc(C)c(S(=O)(=O)N3CCOCC3)c2C)c1. The van der Waals surface area contributed by atoms with Gasteiger partial charge in [0.1, 0.15) is 10.6 Å². The van der Waals surface area contributed by atoms with Crippen molar-refractivity contribution in [3.63, 3.8) is 0 Å². The summed E-state index contributed by atoms with van der Waals surface area (Å²) in [4.78, 5) is 12.5. The molecule has 1 amide bonds. The van der Waals surface area contributed by atoms with E-state index in [-0.39, 0.29) is 17.2 Å². The second-order valence-corrected chi connectivity index (χ2v) is 8.99. The van der Waals surface area contributed by atoms with Crippen molar-refractivity contribution in [1.82, 2.24) is 19.4 Å². The highest BCUT2D eigenvalue weighted by Gasteiger charge is 2.32. The van der Waals surface area contributed by atoms with Crippen molar-refractivity contribution in [3.05, 3.63) is 41.2 Å². The van der Waals surface area contributed by atoms with Gasteiger partial charge in [0.15, 0.2) is 0 Å². The monoisotopic (exact) mass is 436 g/mol. The predicted molar refractivity (Wildman–Crippen MR) is 111 cm³/mol. The van der Waals surface area contributed by atoms with Crippen molar-refractivity contribution in [1.29, 1.82) is 0 Å². The van der Waals surface area contributed by atoms with E-state index >= 15 is 0 Å². The molecule has 0 unspecified atom stereocenters. The first kappa shape index (κ1) is 22.3. The van der Waals surface area contributed by atoms with Crippen LogP contribution in [0, 0.1) is 13.8 Å². The van der Waals surface area contributed by atoms with Gasteiger partial charge in [-0.15, -0.1) is 0 Å². The first-order valence-electron chi connectivity index (χ1n) is 9.84. The molecule has 1 saturated heterocycles. The zero-order valence-corrected chi connectivity index (χ0v) is 18.4. The minimum Gasteiger partial charge on any atom is -0.497 e. The molecule has 1 aliphatic heterocycles. The van der Waals surface area contributed by atoms with Gasteiger partial charge in [0.25, 0.3) is 0 Å². The number of carbonyl (C=O) groups excluding carboxylic acids is 1. The van der Waals surface area contributed by atoms with Gasteiger partial charge in [-0.1, -0.05) is 12.1 Å². The Balaban J connectivity index is 1.62. The molecule has 164 valence electrons. The van der Waals surface area contributed by atoms with Gasteiger partial charge in [-0.25, -0.2) is 8.42 Å². The summed E-state index contributed by atoms with van der Waals surface area (Å²) in [6, 6.07) is 7.49. The van der Waals surface area contributed by atoms with Crippen molar-refractivity contribution in [2.24, 2.45) is 0 Å². The first-order chi connectivity index (χ1) is 14.3. The van der Waals surface area contributed by atoms with Crippen molar-refractivity contribution in [2.75, 3.05) is 33.4 Å². The second-order valence-electron chi connectivity index (χ2n) is 7.12. The van der Waals surface area contributed by atoms with Crippen molar-refractivity contribution < 1.29 is 22.7 Å².